The van der Waals surface area contributed by atoms with Gasteiger partial charge in [-0.25, -0.2) is 0 Å². The molecule has 17 heavy (non-hydrogen) atoms. The number of rotatable bonds is 3. The van der Waals surface area contributed by atoms with Crippen LogP contribution in [0.25, 0.3) is 0 Å². The van der Waals surface area contributed by atoms with Crippen LogP contribution in [0.5, 0.6) is 0 Å². The fraction of sp³-hybridized carbons (Fsp3) is 0.0714. The van der Waals surface area contributed by atoms with Crippen LogP contribution < -0.4 is 5.32 Å². The van der Waals surface area contributed by atoms with Crippen molar-refractivity contribution >= 4 is 6.47 Å². The zero-order valence-electron chi connectivity index (χ0n) is 9.45. The van der Waals surface area contributed by atoms with Gasteiger partial charge in [0.05, 0.1) is 0 Å². The topological polar surface area (TPSA) is 38.3 Å². The van der Waals surface area contributed by atoms with Crippen molar-refractivity contribution in [3.63, 3.8) is 0 Å². The molecule has 1 aliphatic rings. The van der Waals surface area contributed by atoms with E-state index in [4.69, 9.17) is 0 Å². The summed E-state index contributed by atoms with van der Waals surface area (Å²) < 4.78 is 4.54. The van der Waals surface area contributed by atoms with Gasteiger partial charge in [0.2, 0.25) is 0 Å². The number of ether oxygens (including phenoxy) is 1. The molecule has 0 unspecified atom stereocenters. The highest BCUT2D eigenvalue weighted by molar-refractivity contribution is 5.37. The molecule has 1 N–H and O–H groups in total. The maximum Gasteiger partial charge on any atom is 0.293 e. The highest BCUT2D eigenvalue weighted by Gasteiger charge is 1.87. The van der Waals surface area contributed by atoms with Crippen LogP contribution in [-0.2, 0) is 16.1 Å². The van der Waals surface area contributed by atoms with Crippen LogP contribution in [0.15, 0.2) is 67.0 Å². The molecule has 1 aromatic rings. The van der Waals surface area contributed by atoms with Gasteiger partial charge >= 0.3 is 0 Å². The van der Waals surface area contributed by atoms with E-state index in [1.165, 1.54) is 0 Å². The van der Waals surface area contributed by atoms with Crippen LogP contribution in [0.1, 0.15) is 5.56 Å². The van der Waals surface area contributed by atoms with Gasteiger partial charge in [-0.15, -0.1) is 0 Å². The maximum absolute atomic E-state index is 9.76. The smallest absolute Gasteiger partial charge is 0.293 e. The van der Waals surface area contributed by atoms with E-state index in [9.17, 15) is 4.79 Å². The number of carbonyl (C=O) groups excluding carboxylic acids is 1. The molecule has 0 aliphatic carbocycles. The first-order valence-electron chi connectivity index (χ1n) is 5.27. The number of hydrogen-bond acceptors (Lipinski definition) is 3. The summed E-state index contributed by atoms with van der Waals surface area (Å²) in [6, 6.07) is 9.55. The first-order chi connectivity index (χ1) is 8.43. The summed E-state index contributed by atoms with van der Waals surface area (Å²) >= 11 is 0. The van der Waals surface area contributed by atoms with Gasteiger partial charge in [0.1, 0.15) is 6.61 Å². The van der Waals surface area contributed by atoms with Crippen molar-refractivity contribution in [2.75, 3.05) is 0 Å². The molecule has 0 fully saturated rings. The Hall–Kier alpha value is -2.29. The Labute approximate surface area is 101 Å². The van der Waals surface area contributed by atoms with Crippen LogP contribution in [0.3, 0.4) is 0 Å². The fourth-order valence-corrected chi connectivity index (χ4v) is 1.11. The second-order valence-electron chi connectivity index (χ2n) is 3.16. The molecule has 1 heterocycles. The van der Waals surface area contributed by atoms with Crippen molar-refractivity contribution in [3.05, 3.63) is 72.6 Å². The van der Waals surface area contributed by atoms with Crippen LogP contribution in [-0.4, -0.2) is 6.47 Å². The monoisotopic (exact) mass is 229 g/mol. The first-order valence-corrected chi connectivity index (χ1v) is 5.27. The summed E-state index contributed by atoms with van der Waals surface area (Å²) in [5, 5.41) is 2.92. The summed E-state index contributed by atoms with van der Waals surface area (Å²) in [6.45, 7) is 0.817. The van der Waals surface area contributed by atoms with Gasteiger partial charge < -0.3 is 10.1 Å². The van der Waals surface area contributed by atoms with E-state index < -0.39 is 0 Å². The Morgan fingerprint density at radius 3 is 2.24 bits per heavy atom. The van der Waals surface area contributed by atoms with E-state index in [0.717, 1.165) is 5.56 Å². The lowest BCUT2D eigenvalue weighted by Crippen LogP contribution is -1.88. The van der Waals surface area contributed by atoms with Crippen LogP contribution in [0, 0.1) is 0 Å². The van der Waals surface area contributed by atoms with Gasteiger partial charge in [-0.05, 0) is 17.7 Å². The molecule has 0 radical (unpaired) electrons. The third-order valence-electron chi connectivity index (χ3n) is 1.88. The van der Waals surface area contributed by atoms with E-state index in [1.54, 1.807) is 0 Å². The second kappa shape index (κ2) is 8.97. The minimum Gasteiger partial charge on any atom is -0.463 e. The Morgan fingerprint density at radius 1 is 1.00 bits per heavy atom. The maximum atomic E-state index is 9.76. The summed E-state index contributed by atoms with van der Waals surface area (Å²) in [6.07, 6.45) is 11.6. The van der Waals surface area contributed by atoms with Crippen molar-refractivity contribution in [1.82, 2.24) is 5.32 Å². The molecule has 3 heteroatoms. The molecule has 1 aromatic carbocycles. The van der Waals surface area contributed by atoms with E-state index in [0.29, 0.717) is 13.1 Å². The van der Waals surface area contributed by atoms with E-state index in [-0.39, 0.29) is 0 Å². The molecular formula is C14H15NO2. The largest absolute Gasteiger partial charge is 0.463 e. The molecule has 0 atom stereocenters. The minimum absolute atomic E-state index is 0.365. The first kappa shape index (κ1) is 12.8. The van der Waals surface area contributed by atoms with Crippen molar-refractivity contribution in [2.24, 2.45) is 0 Å². The predicted octanol–water partition coefficient (Wildman–Crippen LogP) is 2.53. The fourth-order valence-electron chi connectivity index (χ4n) is 1.11. The zero-order valence-corrected chi connectivity index (χ0v) is 9.45. The lowest BCUT2D eigenvalue weighted by atomic mass is 10.2. The molecule has 0 amide bonds. The number of allylic oxidation sites excluding steroid dienone is 4. The lowest BCUT2D eigenvalue weighted by Gasteiger charge is -1.95. The molecule has 0 spiro atoms. The normalized spacial score (nSPS) is 11.8. The van der Waals surface area contributed by atoms with E-state index in [2.05, 4.69) is 10.1 Å². The average Bonchev–Trinajstić information content (AvgIpc) is 2.70. The molecule has 0 aromatic heterocycles. The predicted molar refractivity (Wildman–Crippen MR) is 67.9 cm³/mol. The molecule has 0 saturated heterocycles. The zero-order chi connectivity index (χ0) is 12.2. The third-order valence-corrected chi connectivity index (χ3v) is 1.88. The molecular weight excluding hydrogens is 214 g/mol. The Balaban J connectivity index is 0.000000181. The number of carbonyl (C=O) groups is 1. The number of benzene rings is 1. The second-order valence-corrected chi connectivity index (χ2v) is 3.16. The summed E-state index contributed by atoms with van der Waals surface area (Å²) in [5.74, 6) is 0. The Kier molecular flexibility index (Phi) is 6.75. The van der Waals surface area contributed by atoms with Crippen LogP contribution in [0.2, 0.25) is 0 Å². The van der Waals surface area contributed by atoms with E-state index in [1.807, 2.05) is 67.0 Å². The number of nitrogens with one attached hydrogen (secondary N) is 1. The molecule has 0 bridgehead atoms. The Bertz CT molecular complexity index is 380. The van der Waals surface area contributed by atoms with Gasteiger partial charge in [0.15, 0.2) is 0 Å². The standard InChI is InChI=1S/C8H8O2.C6H7N/c9-7-10-6-8-4-2-1-3-5-8;1-2-4-6-7-5-3-1/h1-5,7H,6H2;1-7H. The summed E-state index contributed by atoms with van der Waals surface area (Å²) in [5.41, 5.74) is 1.01. The molecule has 2 rings (SSSR count). The van der Waals surface area contributed by atoms with E-state index >= 15 is 0 Å². The Morgan fingerprint density at radius 2 is 1.65 bits per heavy atom. The van der Waals surface area contributed by atoms with Gasteiger partial charge in [-0.1, -0.05) is 42.5 Å². The molecule has 1 aliphatic heterocycles. The van der Waals surface area contributed by atoms with Gasteiger partial charge in [0.25, 0.3) is 6.47 Å². The van der Waals surface area contributed by atoms with Crippen LogP contribution >= 0.6 is 0 Å². The number of hydrogen-bond donors (Lipinski definition) is 1. The van der Waals surface area contributed by atoms with Crippen LogP contribution in [0.4, 0.5) is 0 Å². The molecule has 88 valence electrons. The quantitative estimate of drug-likeness (QED) is 0.809. The SMILES string of the molecule is C1=CC=CNC=C1.O=COCc1ccccc1. The molecule has 3 nitrogen and oxygen atoms in total. The van der Waals surface area contributed by atoms with Crippen molar-refractivity contribution in [1.29, 1.82) is 0 Å². The lowest BCUT2D eigenvalue weighted by molar-refractivity contribution is -0.129. The van der Waals surface area contributed by atoms with Crippen molar-refractivity contribution in [3.8, 4) is 0 Å². The molecule has 0 saturated carbocycles. The summed E-state index contributed by atoms with van der Waals surface area (Å²) in [4.78, 5) is 9.76. The third kappa shape index (κ3) is 6.73. The highest BCUT2D eigenvalue weighted by Crippen LogP contribution is 1.98. The van der Waals surface area contributed by atoms with Crippen molar-refractivity contribution < 1.29 is 9.53 Å². The average molecular weight is 229 g/mol. The summed E-state index contributed by atoms with van der Waals surface area (Å²) in [7, 11) is 0. The van der Waals surface area contributed by atoms with Gasteiger partial charge in [0, 0.05) is 12.4 Å². The highest BCUT2D eigenvalue weighted by atomic mass is 16.5. The van der Waals surface area contributed by atoms with Gasteiger partial charge in [-0.3, -0.25) is 4.79 Å². The minimum atomic E-state index is 0.365. The van der Waals surface area contributed by atoms with Gasteiger partial charge in [-0.2, -0.15) is 0 Å². The van der Waals surface area contributed by atoms with Crippen molar-refractivity contribution in [2.45, 2.75) is 6.61 Å².